The molecule has 1 aromatic carbocycles. The molecule has 5 heteroatoms. The van der Waals surface area contributed by atoms with Gasteiger partial charge in [0.25, 0.3) is 0 Å². The highest BCUT2D eigenvalue weighted by Crippen LogP contribution is 2.27. The van der Waals surface area contributed by atoms with E-state index in [4.69, 9.17) is 11.6 Å². The van der Waals surface area contributed by atoms with Gasteiger partial charge in [0, 0.05) is 23.5 Å². The number of aromatic nitrogens is 2. The van der Waals surface area contributed by atoms with Gasteiger partial charge in [-0.25, -0.2) is 5.01 Å². The Kier molecular flexibility index (Phi) is 3.24. The monoisotopic (exact) mass is 248 g/mol. The first-order chi connectivity index (χ1) is 8.09. The maximum atomic E-state index is 6.01. The first-order valence-corrected chi connectivity index (χ1v) is 5.64. The Bertz CT molecular complexity index is 576. The molecule has 0 aliphatic carbocycles. The Hall–Kier alpha value is -1.68. The Morgan fingerprint density at radius 3 is 2.47 bits per heavy atom. The topological polar surface area (TPSA) is 41.4 Å². The zero-order valence-corrected chi connectivity index (χ0v) is 10.7. The molecule has 4 nitrogen and oxygen atoms in total. The molecule has 0 spiro atoms. The number of benzene rings is 1. The fourth-order valence-electron chi connectivity index (χ4n) is 1.64. The summed E-state index contributed by atoms with van der Waals surface area (Å²) in [6.07, 6.45) is 0. The first kappa shape index (κ1) is 11.8. The van der Waals surface area contributed by atoms with Crippen molar-refractivity contribution in [2.24, 2.45) is 5.10 Å². The van der Waals surface area contributed by atoms with E-state index in [2.05, 4.69) is 15.3 Å². The van der Waals surface area contributed by atoms with E-state index in [1.54, 1.807) is 5.01 Å². The molecule has 0 saturated carbocycles. The number of rotatable bonds is 2. The van der Waals surface area contributed by atoms with Crippen LogP contribution in [0.5, 0.6) is 0 Å². The first-order valence-electron chi connectivity index (χ1n) is 5.26. The van der Waals surface area contributed by atoms with Crippen molar-refractivity contribution in [1.29, 1.82) is 0 Å². The molecule has 1 heterocycles. The molecular formula is C12H13ClN4. The van der Waals surface area contributed by atoms with E-state index >= 15 is 0 Å². The van der Waals surface area contributed by atoms with Crippen LogP contribution in [0.25, 0.3) is 10.8 Å². The van der Waals surface area contributed by atoms with Crippen LogP contribution in [0.1, 0.15) is 13.8 Å². The van der Waals surface area contributed by atoms with Gasteiger partial charge in [0.2, 0.25) is 0 Å². The molecule has 0 N–H and O–H groups in total. The molecule has 0 bridgehead atoms. The summed E-state index contributed by atoms with van der Waals surface area (Å²) in [5, 5.41) is 16.3. The Labute approximate surface area is 105 Å². The maximum Gasteiger partial charge on any atom is 0.179 e. The van der Waals surface area contributed by atoms with Crippen LogP contribution in [0.2, 0.25) is 5.15 Å². The van der Waals surface area contributed by atoms with Gasteiger partial charge in [-0.2, -0.15) is 5.10 Å². The Balaban J connectivity index is 2.63. The number of halogens is 1. The van der Waals surface area contributed by atoms with Gasteiger partial charge in [0.15, 0.2) is 11.0 Å². The van der Waals surface area contributed by atoms with Gasteiger partial charge < -0.3 is 0 Å². The van der Waals surface area contributed by atoms with E-state index in [9.17, 15) is 0 Å². The number of hydrogen-bond donors (Lipinski definition) is 0. The van der Waals surface area contributed by atoms with Crippen LogP contribution in [0.15, 0.2) is 29.4 Å². The number of fused-ring (bicyclic) bond motifs is 1. The smallest absolute Gasteiger partial charge is 0.179 e. The average Bonchev–Trinajstić information content (AvgIpc) is 2.29. The van der Waals surface area contributed by atoms with E-state index in [-0.39, 0.29) is 0 Å². The summed E-state index contributed by atoms with van der Waals surface area (Å²) in [4.78, 5) is 0. The van der Waals surface area contributed by atoms with Crippen LogP contribution in [-0.4, -0.2) is 23.0 Å². The normalized spacial score (nSPS) is 10.4. The van der Waals surface area contributed by atoms with Gasteiger partial charge in [-0.1, -0.05) is 35.9 Å². The SMILES string of the molecule is CC(C)=NN(C)c1nnc(Cl)c2ccccc12. The predicted molar refractivity (Wildman–Crippen MR) is 71.7 cm³/mol. The maximum absolute atomic E-state index is 6.01. The minimum Gasteiger partial charge on any atom is -0.249 e. The predicted octanol–water partition coefficient (Wildman–Crippen LogP) is 3.12. The van der Waals surface area contributed by atoms with E-state index in [1.165, 1.54) is 0 Å². The van der Waals surface area contributed by atoms with E-state index in [1.807, 2.05) is 45.2 Å². The summed E-state index contributed by atoms with van der Waals surface area (Å²) in [6.45, 7) is 3.87. The quantitative estimate of drug-likeness (QED) is 0.606. The minimum absolute atomic E-state index is 0.412. The third-order valence-electron chi connectivity index (χ3n) is 2.28. The lowest BCUT2D eigenvalue weighted by Gasteiger charge is -2.14. The molecule has 0 aliphatic heterocycles. The molecule has 17 heavy (non-hydrogen) atoms. The molecule has 0 aliphatic rings. The van der Waals surface area contributed by atoms with Gasteiger partial charge in [-0.05, 0) is 13.8 Å². The van der Waals surface area contributed by atoms with Gasteiger partial charge >= 0.3 is 0 Å². The van der Waals surface area contributed by atoms with Crippen molar-refractivity contribution in [3.63, 3.8) is 0 Å². The molecular weight excluding hydrogens is 236 g/mol. The molecule has 0 saturated heterocycles. The van der Waals surface area contributed by atoms with Crippen LogP contribution in [0, 0.1) is 0 Å². The molecule has 0 fully saturated rings. The summed E-state index contributed by atoms with van der Waals surface area (Å²) in [7, 11) is 1.84. The highest BCUT2D eigenvalue weighted by molar-refractivity contribution is 6.34. The van der Waals surface area contributed by atoms with Gasteiger partial charge in [-0.15, -0.1) is 10.2 Å². The van der Waals surface area contributed by atoms with Crippen LogP contribution in [-0.2, 0) is 0 Å². The highest BCUT2D eigenvalue weighted by atomic mass is 35.5. The summed E-state index contributed by atoms with van der Waals surface area (Å²) in [6, 6.07) is 7.75. The lowest BCUT2D eigenvalue weighted by atomic mass is 10.2. The molecule has 0 unspecified atom stereocenters. The minimum atomic E-state index is 0.412. The number of hydrogen-bond acceptors (Lipinski definition) is 4. The third kappa shape index (κ3) is 2.36. The van der Waals surface area contributed by atoms with Crippen molar-refractivity contribution < 1.29 is 0 Å². The molecule has 2 rings (SSSR count). The number of anilines is 1. The van der Waals surface area contributed by atoms with Gasteiger partial charge in [-0.3, -0.25) is 0 Å². The Morgan fingerprint density at radius 2 is 1.82 bits per heavy atom. The largest absolute Gasteiger partial charge is 0.249 e. The van der Waals surface area contributed by atoms with Crippen LogP contribution >= 0.6 is 11.6 Å². The zero-order chi connectivity index (χ0) is 12.4. The highest BCUT2D eigenvalue weighted by Gasteiger charge is 2.10. The standard InChI is InChI=1S/C12H13ClN4/c1-8(2)16-17(3)12-10-7-5-4-6-9(10)11(13)14-15-12/h4-7H,1-3H3. The van der Waals surface area contributed by atoms with Crippen molar-refractivity contribution in [2.45, 2.75) is 13.8 Å². The Morgan fingerprint density at radius 1 is 1.18 bits per heavy atom. The van der Waals surface area contributed by atoms with Crippen molar-refractivity contribution >= 4 is 33.9 Å². The number of nitrogens with zero attached hydrogens (tertiary/aromatic N) is 4. The van der Waals surface area contributed by atoms with E-state index in [0.717, 1.165) is 16.5 Å². The third-order valence-corrected chi connectivity index (χ3v) is 2.56. The fraction of sp³-hybridized carbons (Fsp3) is 0.250. The molecule has 88 valence electrons. The molecule has 1 aromatic heterocycles. The molecule has 2 aromatic rings. The van der Waals surface area contributed by atoms with Crippen LogP contribution < -0.4 is 5.01 Å². The van der Waals surface area contributed by atoms with E-state index < -0.39 is 0 Å². The molecule has 0 radical (unpaired) electrons. The molecule has 0 amide bonds. The van der Waals surface area contributed by atoms with Crippen LogP contribution in [0.4, 0.5) is 5.82 Å². The summed E-state index contributed by atoms with van der Waals surface area (Å²) in [5.41, 5.74) is 0.952. The lowest BCUT2D eigenvalue weighted by molar-refractivity contribution is 0.930. The fourth-order valence-corrected chi connectivity index (χ4v) is 1.85. The molecule has 0 atom stereocenters. The van der Waals surface area contributed by atoms with Crippen molar-refractivity contribution in [3.05, 3.63) is 29.4 Å². The van der Waals surface area contributed by atoms with Crippen molar-refractivity contribution in [1.82, 2.24) is 10.2 Å². The second-order valence-corrected chi connectivity index (χ2v) is 4.29. The van der Waals surface area contributed by atoms with Crippen molar-refractivity contribution in [3.8, 4) is 0 Å². The summed E-state index contributed by atoms with van der Waals surface area (Å²) >= 11 is 6.01. The van der Waals surface area contributed by atoms with Gasteiger partial charge in [0.1, 0.15) is 0 Å². The second-order valence-electron chi connectivity index (χ2n) is 3.93. The number of hydrazone groups is 1. The second kappa shape index (κ2) is 4.67. The lowest BCUT2D eigenvalue weighted by Crippen LogP contribution is -2.13. The van der Waals surface area contributed by atoms with Gasteiger partial charge in [0.05, 0.1) is 0 Å². The summed E-state index contributed by atoms with van der Waals surface area (Å²) in [5.74, 6) is 0.700. The van der Waals surface area contributed by atoms with E-state index in [0.29, 0.717) is 11.0 Å². The van der Waals surface area contributed by atoms with Crippen LogP contribution in [0.3, 0.4) is 0 Å². The average molecular weight is 249 g/mol. The zero-order valence-electron chi connectivity index (χ0n) is 9.98. The summed E-state index contributed by atoms with van der Waals surface area (Å²) < 4.78 is 0. The van der Waals surface area contributed by atoms with Crippen molar-refractivity contribution in [2.75, 3.05) is 12.1 Å².